The van der Waals surface area contributed by atoms with Gasteiger partial charge in [-0.2, -0.15) is 0 Å². The van der Waals surface area contributed by atoms with Crippen LogP contribution in [0.2, 0.25) is 0 Å². The number of hydrogen-bond donors (Lipinski definition) is 1. The van der Waals surface area contributed by atoms with Crippen LogP contribution < -0.4 is 5.32 Å². The van der Waals surface area contributed by atoms with E-state index in [1.807, 2.05) is 43.4 Å². The summed E-state index contributed by atoms with van der Waals surface area (Å²) in [6.07, 6.45) is 2.41. The summed E-state index contributed by atoms with van der Waals surface area (Å²) in [6.45, 7) is 1.08. The second kappa shape index (κ2) is 8.15. The Balaban J connectivity index is 1.57. The minimum Gasteiger partial charge on any atom is -0.354 e. The number of likely N-dealkylation sites (N-methyl/N-ethyl adjacent to an activating group) is 1. The van der Waals surface area contributed by atoms with Crippen LogP contribution in [0.1, 0.15) is 18.0 Å². The predicted octanol–water partition coefficient (Wildman–Crippen LogP) is 3.59. The van der Waals surface area contributed by atoms with E-state index in [9.17, 15) is 9.18 Å². The van der Waals surface area contributed by atoms with Gasteiger partial charge in [0.1, 0.15) is 5.82 Å². The molecule has 4 nitrogen and oxygen atoms in total. The van der Waals surface area contributed by atoms with Crippen LogP contribution >= 0.6 is 0 Å². The average Bonchev–Trinajstić information content (AvgIpc) is 3.03. The average molecular weight is 353 g/mol. The minimum atomic E-state index is -0.264. The Morgan fingerprint density at radius 3 is 2.73 bits per heavy atom. The number of nitrogens with one attached hydrogen (secondary N) is 1. The van der Waals surface area contributed by atoms with Gasteiger partial charge in [0.15, 0.2) is 0 Å². The van der Waals surface area contributed by atoms with Crippen molar-refractivity contribution in [3.8, 4) is 0 Å². The molecule has 1 N–H and O–H groups in total. The Morgan fingerprint density at radius 2 is 1.96 bits per heavy atom. The lowest BCUT2D eigenvalue weighted by molar-refractivity contribution is -0.121. The zero-order valence-electron chi connectivity index (χ0n) is 15.2. The van der Waals surface area contributed by atoms with Gasteiger partial charge in [0.25, 0.3) is 0 Å². The molecule has 0 saturated heterocycles. The molecule has 0 unspecified atom stereocenters. The zero-order valence-corrected chi connectivity index (χ0v) is 15.2. The van der Waals surface area contributed by atoms with Crippen molar-refractivity contribution in [3.05, 3.63) is 72.2 Å². The maximum absolute atomic E-state index is 13.5. The van der Waals surface area contributed by atoms with Crippen molar-refractivity contribution < 1.29 is 9.18 Å². The molecule has 5 heteroatoms. The first kappa shape index (κ1) is 18.1. The fourth-order valence-corrected chi connectivity index (χ4v) is 3.17. The van der Waals surface area contributed by atoms with E-state index in [0.717, 1.165) is 11.1 Å². The number of fused-ring (bicyclic) bond motifs is 1. The van der Waals surface area contributed by atoms with Gasteiger partial charge in [-0.05, 0) is 49.3 Å². The van der Waals surface area contributed by atoms with Crippen LogP contribution in [-0.2, 0) is 11.3 Å². The highest BCUT2D eigenvalue weighted by atomic mass is 19.1. The molecule has 136 valence electrons. The van der Waals surface area contributed by atoms with E-state index in [0.29, 0.717) is 19.5 Å². The van der Waals surface area contributed by atoms with Crippen LogP contribution in [0.15, 0.2) is 60.8 Å². The Bertz CT molecular complexity index is 888. The van der Waals surface area contributed by atoms with E-state index < -0.39 is 0 Å². The molecule has 2 aromatic carbocycles. The van der Waals surface area contributed by atoms with E-state index in [-0.39, 0.29) is 17.8 Å². The largest absolute Gasteiger partial charge is 0.354 e. The van der Waals surface area contributed by atoms with E-state index in [2.05, 4.69) is 28.1 Å². The van der Waals surface area contributed by atoms with Gasteiger partial charge in [0.05, 0.1) is 6.04 Å². The fraction of sp³-hybridized carbons (Fsp3) is 0.286. The van der Waals surface area contributed by atoms with Crippen molar-refractivity contribution in [3.63, 3.8) is 0 Å². The van der Waals surface area contributed by atoms with Gasteiger partial charge in [-0.25, -0.2) is 4.39 Å². The molecule has 1 atom stereocenters. The highest BCUT2D eigenvalue weighted by Crippen LogP contribution is 2.18. The summed E-state index contributed by atoms with van der Waals surface area (Å²) in [7, 11) is 3.85. The monoisotopic (exact) mass is 353 g/mol. The van der Waals surface area contributed by atoms with E-state index >= 15 is 0 Å². The van der Waals surface area contributed by atoms with Crippen molar-refractivity contribution in [2.45, 2.75) is 19.0 Å². The molecule has 0 fully saturated rings. The van der Waals surface area contributed by atoms with Gasteiger partial charge >= 0.3 is 0 Å². The van der Waals surface area contributed by atoms with Gasteiger partial charge in [-0.15, -0.1) is 0 Å². The SMILES string of the molecule is CN(C)[C@@H](CNC(=O)CCn1ccc2ccccc21)c1cccc(F)c1. The number of halogens is 1. The van der Waals surface area contributed by atoms with Gasteiger partial charge < -0.3 is 14.8 Å². The zero-order chi connectivity index (χ0) is 18.5. The number of amides is 1. The normalized spacial score (nSPS) is 12.5. The lowest BCUT2D eigenvalue weighted by Crippen LogP contribution is -2.34. The summed E-state index contributed by atoms with van der Waals surface area (Å²) in [4.78, 5) is 14.3. The van der Waals surface area contributed by atoms with Crippen LogP contribution in [0.4, 0.5) is 4.39 Å². The van der Waals surface area contributed by atoms with Crippen molar-refractivity contribution in [1.29, 1.82) is 0 Å². The van der Waals surface area contributed by atoms with Crippen molar-refractivity contribution in [2.24, 2.45) is 0 Å². The topological polar surface area (TPSA) is 37.3 Å². The molecule has 3 aromatic rings. The molecule has 0 bridgehead atoms. The lowest BCUT2D eigenvalue weighted by Gasteiger charge is -2.25. The molecule has 0 radical (unpaired) electrons. The molecule has 1 aromatic heterocycles. The maximum atomic E-state index is 13.5. The summed E-state index contributed by atoms with van der Waals surface area (Å²) in [6, 6.07) is 16.6. The van der Waals surface area contributed by atoms with Crippen molar-refractivity contribution in [2.75, 3.05) is 20.6 Å². The molecular formula is C21H24FN3O. The Hall–Kier alpha value is -2.66. The van der Waals surface area contributed by atoms with Crippen LogP contribution in [0, 0.1) is 5.82 Å². The number of rotatable bonds is 7. The number of nitrogens with zero attached hydrogens (tertiary/aromatic N) is 2. The van der Waals surface area contributed by atoms with E-state index in [1.165, 1.54) is 17.5 Å². The summed E-state index contributed by atoms with van der Waals surface area (Å²) >= 11 is 0. The third-order valence-corrected chi connectivity index (χ3v) is 4.61. The molecule has 0 aliphatic rings. The highest BCUT2D eigenvalue weighted by molar-refractivity contribution is 5.80. The second-order valence-corrected chi connectivity index (χ2v) is 6.66. The quantitative estimate of drug-likeness (QED) is 0.705. The van der Waals surface area contributed by atoms with Crippen LogP contribution in [0.5, 0.6) is 0 Å². The molecule has 0 spiro atoms. The molecule has 1 amide bonds. The highest BCUT2D eigenvalue weighted by Gasteiger charge is 2.16. The third-order valence-electron chi connectivity index (χ3n) is 4.61. The molecular weight excluding hydrogens is 329 g/mol. The minimum absolute atomic E-state index is 0.00830. The molecule has 0 saturated carbocycles. The van der Waals surface area contributed by atoms with Gasteiger partial charge in [-0.3, -0.25) is 4.79 Å². The van der Waals surface area contributed by atoms with Gasteiger partial charge in [0.2, 0.25) is 5.91 Å². The van der Waals surface area contributed by atoms with Gasteiger partial charge in [0, 0.05) is 31.2 Å². The lowest BCUT2D eigenvalue weighted by atomic mass is 10.1. The third kappa shape index (κ3) is 4.29. The number of carbonyl (C=O) groups is 1. The summed E-state index contributed by atoms with van der Waals surface area (Å²) < 4.78 is 15.6. The molecule has 26 heavy (non-hydrogen) atoms. The molecule has 3 rings (SSSR count). The first-order valence-electron chi connectivity index (χ1n) is 8.77. The number of carbonyl (C=O) groups excluding carboxylic acids is 1. The number of hydrogen-bond acceptors (Lipinski definition) is 2. The smallest absolute Gasteiger partial charge is 0.221 e. The van der Waals surface area contributed by atoms with Crippen LogP contribution in [0.25, 0.3) is 10.9 Å². The first-order valence-corrected chi connectivity index (χ1v) is 8.77. The molecule has 0 aliphatic carbocycles. The standard InChI is InChI=1S/C21H24FN3O/c1-24(2)20(17-7-5-8-18(22)14-17)15-23-21(26)11-13-25-12-10-16-6-3-4-9-19(16)25/h3-10,12,14,20H,11,13,15H2,1-2H3,(H,23,26)/t20-/m0/s1. The number of aromatic nitrogens is 1. The summed E-state index contributed by atoms with van der Waals surface area (Å²) in [5.74, 6) is -0.272. The maximum Gasteiger partial charge on any atom is 0.221 e. The van der Waals surface area contributed by atoms with Gasteiger partial charge in [-0.1, -0.05) is 30.3 Å². The fourth-order valence-electron chi connectivity index (χ4n) is 3.17. The Labute approximate surface area is 153 Å². The molecule has 1 heterocycles. The number of benzene rings is 2. The number of aryl methyl sites for hydroxylation is 1. The van der Waals surface area contributed by atoms with Crippen molar-refractivity contribution in [1.82, 2.24) is 14.8 Å². The van der Waals surface area contributed by atoms with Crippen molar-refractivity contribution >= 4 is 16.8 Å². The molecule has 0 aliphatic heterocycles. The predicted molar refractivity (Wildman–Crippen MR) is 102 cm³/mol. The van der Waals surface area contributed by atoms with Crippen LogP contribution in [0.3, 0.4) is 0 Å². The first-order chi connectivity index (χ1) is 12.5. The second-order valence-electron chi connectivity index (χ2n) is 6.66. The Morgan fingerprint density at radius 1 is 1.15 bits per heavy atom. The number of para-hydroxylation sites is 1. The van der Waals surface area contributed by atoms with E-state index in [4.69, 9.17) is 0 Å². The summed E-state index contributed by atoms with van der Waals surface area (Å²) in [5, 5.41) is 4.15. The van der Waals surface area contributed by atoms with E-state index in [1.54, 1.807) is 6.07 Å². The van der Waals surface area contributed by atoms with Crippen LogP contribution in [-0.4, -0.2) is 36.0 Å². The Kier molecular flexibility index (Phi) is 5.68. The summed E-state index contributed by atoms with van der Waals surface area (Å²) in [5.41, 5.74) is 1.98.